The molecule has 0 saturated carbocycles. The number of piperidine rings is 2. The van der Waals surface area contributed by atoms with Crippen molar-refractivity contribution in [3.63, 3.8) is 0 Å². The average Bonchev–Trinajstić information content (AvgIpc) is 2.87. The summed E-state index contributed by atoms with van der Waals surface area (Å²) in [5, 5.41) is 0. The lowest BCUT2D eigenvalue weighted by Crippen LogP contribution is -2.46. The molecule has 0 aromatic carbocycles. The molecule has 0 aromatic rings. The predicted molar refractivity (Wildman–Crippen MR) is 107 cm³/mol. The summed E-state index contributed by atoms with van der Waals surface area (Å²) in [5.74, 6) is 1.83. The van der Waals surface area contributed by atoms with Crippen molar-refractivity contribution in [1.29, 1.82) is 0 Å². The Bertz CT molecular complexity index is 468. The largest absolute Gasteiger partial charge is 0.341 e. The lowest BCUT2D eigenvalue weighted by molar-refractivity contribution is -0.135. The van der Waals surface area contributed by atoms with Crippen molar-refractivity contribution in [1.82, 2.24) is 19.6 Å². The number of hydrogen-bond acceptors (Lipinski definition) is 4. The van der Waals surface area contributed by atoms with Crippen molar-refractivity contribution >= 4 is 11.8 Å². The first kappa shape index (κ1) is 20.6. The molecule has 6 heteroatoms. The van der Waals surface area contributed by atoms with Gasteiger partial charge in [-0.1, -0.05) is 13.8 Å². The summed E-state index contributed by atoms with van der Waals surface area (Å²) in [6.07, 6.45) is 5.79. The molecule has 3 aliphatic rings. The lowest BCUT2D eigenvalue weighted by atomic mass is 10.0. The zero-order valence-electron chi connectivity index (χ0n) is 17.4. The van der Waals surface area contributed by atoms with Crippen LogP contribution in [0.5, 0.6) is 0 Å². The van der Waals surface area contributed by atoms with E-state index in [-0.39, 0.29) is 11.8 Å². The SMILES string of the molecule is CC1CCCN(C(=O)CN2CCCN(CC(=O)N3CCCC(C)C3)CC2)C1. The van der Waals surface area contributed by atoms with Crippen LogP contribution >= 0.6 is 0 Å². The van der Waals surface area contributed by atoms with Crippen molar-refractivity contribution in [2.24, 2.45) is 11.8 Å². The van der Waals surface area contributed by atoms with Crippen LogP contribution in [0.4, 0.5) is 0 Å². The second-order valence-electron chi connectivity index (χ2n) is 9.08. The number of hydrogen-bond donors (Lipinski definition) is 0. The van der Waals surface area contributed by atoms with Gasteiger partial charge < -0.3 is 9.80 Å². The highest BCUT2D eigenvalue weighted by Gasteiger charge is 2.26. The third kappa shape index (κ3) is 6.18. The number of amides is 2. The summed E-state index contributed by atoms with van der Waals surface area (Å²) in [4.78, 5) is 33.9. The van der Waals surface area contributed by atoms with E-state index in [1.807, 2.05) is 0 Å². The van der Waals surface area contributed by atoms with E-state index in [2.05, 4.69) is 33.4 Å². The first-order valence-corrected chi connectivity index (χ1v) is 11.0. The molecule has 154 valence electrons. The van der Waals surface area contributed by atoms with Gasteiger partial charge in [0.25, 0.3) is 0 Å². The molecule has 0 radical (unpaired) electrons. The predicted octanol–water partition coefficient (Wildman–Crippen LogP) is 1.51. The highest BCUT2D eigenvalue weighted by molar-refractivity contribution is 5.79. The molecule has 0 N–H and O–H groups in total. The van der Waals surface area contributed by atoms with Crippen molar-refractivity contribution in [3.05, 3.63) is 0 Å². The third-order valence-electron chi connectivity index (χ3n) is 6.42. The van der Waals surface area contributed by atoms with E-state index in [1.54, 1.807) is 0 Å². The second kappa shape index (κ2) is 9.87. The molecule has 3 fully saturated rings. The number of carbonyl (C=O) groups excluding carboxylic acids is 2. The Morgan fingerprint density at radius 3 is 1.52 bits per heavy atom. The maximum atomic E-state index is 12.6. The van der Waals surface area contributed by atoms with Crippen LogP contribution in [-0.4, -0.2) is 96.9 Å². The van der Waals surface area contributed by atoms with Crippen molar-refractivity contribution < 1.29 is 9.59 Å². The Hall–Kier alpha value is -1.14. The molecule has 3 aliphatic heterocycles. The van der Waals surface area contributed by atoms with Crippen LogP contribution in [-0.2, 0) is 9.59 Å². The molecule has 2 amide bonds. The fourth-order valence-corrected chi connectivity index (χ4v) is 4.76. The minimum atomic E-state index is 0.286. The molecule has 2 unspecified atom stereocenters. The van der Waals surface area contributed by atoms with Gasteiger partial charge in [-0.3, -0.25) is 19.4 Å². The van der Waals surface area contributed by atoms with Gasteiger partial charge in [-0.05, 0) is 57.0 Å². The van der Waals surface area contributed by atoms with E-state index in [0.29, 0.717) is 24.9 Å². The molecule has 0 bridgehead atoms. The summed E-state index contributed by atoms with van der Waals surface area (Å²) in [5.41, 5.74) is 0. The smallest absolute Gasteiger partial charge is 0.236 e. The normalized spacial score (nSPS) is 28.8. The quantitative estimate of drug-likeness (QED) is 0.744. The van der Waals surface area contributed by atoms with Crippen LogP contribution in [0, 0.1) is 11.8 Å². The van der Waals surface area contributed by atoms with Gasteiger partial charge in [0, 0.05) is 39.3 Å². The van der Waals surface area contributed by atoms with E-state index < -0.39 is 0 Å². The monoisotopic (exact) mass is 378 g/mol. The van der Waals surface area contributed by atoms with Crippen molar-refractivity contribution in [2.45, 2.75) is 46.0 Å². The molecule has 27 heavy (non-hydrogen) atoms. The second-order valence-corrected chi connectivity index (χ2v) is 9.08. The van der Waals surface area contributed by atoms with Crippen LogP contribution in [0.2, 0.25) is 0 Å². The molecule has 3 rings (SSSR count). The summed E-state index contributed by atoms with van der Waals surface area (Å²) >= 11 is 0. The highest BCUT2D eigenvalue weighted by atomic mass is 16.2. The van der Waals surface area contributed by atoms with Crippen LogP contribution < -0.4 is 0 Å². The van der Waals surface area contributed by atoms with Gasteiger partial charge in [0.15, 0.2) is 0 Å². The Morgan fingerprint density at radius 1 is 0.667 bits per heavy atom. The fourth-order valence-electron chi connectivity index (χ4n) is 4.76. The third-order valence-corrected chi connectivity index (χ3v) is 6.42. The van der Waals surface area contributed by atoms with E-state index in [0.717, 1.165) is 71.6 Å². The minimum Gasteiger partial charge on any atom is -0.341 e. The van der Waals surface area contributed by atoms with Gasteiger partial charge in [-0.15, -0.1) is 0 Å². The Labute approximate surface area is 164 Å². The molecule has 0 spiro atoms. The van der Waals surface area contributed by atoms with Crippen molar-refractivity contribution in [3.8, 4) is 0 Å². The maximum absolute atomic E-state index is 12.6. The molecular formula is C21H38N4O2. The van der Waals surface area contributed by atoms with Crippen LogP contribution in [0.3, 0.4) is 0 Å². The Kier molecular flexibility index (Phi) is 7.53. The summed E-state index contributed by atoms with van der Waals surface area (Å²) in [6.45, 7) is 12.9. The molecule has 2 atom stereocenters. The van der Waals surface area contributed by atoms with E-state index in [1.165, 1.54) is 12.8 Å². The fraction of sp³-hybridized carbons (Fsp3) is 0.905. The van der Waals surface area contributed by atoms with Gasteiger partial charge in [-0.2, -0.15) is 0 Å². The Balaban J connectivity index is 1.42. The van der Waals surface area contributed by atoms with E-state index >= 15 is 0 Å². The zero-order valence-corrected chi connectivity index (χ0v) is 17.4. The molecule has 0 aromatic heterocycles. The molecule has 3 saturated heterocycles. The standard InChI is InChI=1S/C21H38N4O2/c1-18-6-3-10-24(14-18)20(26)16-22-8-5-9-23(13-12-22)17-21(27)25-11-4-7-19(2)15-25/h18-19H,3-17H2,1-2H3. The topological polar surface area (TPSA) is 47.1 Å². The first-order valence-electron chi connectivity index (χ1n) is 11.0. The van der Waals surface area contributed by atoms with Gasteiger partial charge in [0.05, 0.1) is 13.1 Å². The lowest BCUT2D eigenvalue weighted by Gasteiger charge is -2.33. The number of carbonyl (C=O) groups is 2. The number of likely N-dealkylation sites (tertiary alicyclic amines) is 2. The van der Waals surface area contributed by atoms with Gasteiger partial charge >= 0.3 is 0 Å². The molecule has 3 heterocycles. The van der Waals surface area contributed by atoms with Crippen LogP contribution in [0.25, 0.3) is 0 Å². The van der Waals surface area contributed by atoms with Gasteiger partial charge in [0.2, 0.25) is 11.8 Å². The highest BCUT2D eigenvalue weighted by Crippen LogP contribution is 2.17. The van der Waals surface area contributed by atoms with E-state index in [4.69, 9.17) is 0 Å². The Morgan fingerprint density at radius 2 is 1.11 bits per heavy atom. The molecular weight excluding hydrogens is 340 g/mol. The molecule has 6 nitrogen and oxygen atoms in total. The first-order chi connectivity index (χ1) is 13.0. The van der Waals surface area contributed by atoms with Crippen LogP contribution in [0.1, 0.15) is 46.0 Å². The maximum Gasteiger partial charge on any atom is 0.236 e. The average molecular weight is 379 g/mol. The van der Waals surface area contributed by atoms with Crippen molar-refractivity contribution in [2.75, 3.05) is 65.4 Å². The minimum absolute atomic E-state index is 0.286. The summed E-state index contributed by atoms with van der Waals surface area (Å²) in [6, 6.07) is 0. The number of rotatable bonds is 4. The van der Waals surface area contributed by atoms with Gasteiger partial charge in [-0.25, -0.2) is 0 Å². The number of nitrogens with zero attached hydrogens (tertiary/aromatic N) is 4. The summed E-state index contributed by atoms with van der Waals surface area (Å²) in [7, 11) is 0. The van der Waals surface area contributed by atoms with Crippen LogP contribution in [0.15, 0.2) is 0 Å². The van der Waals surface area contributed by atoms with Gasteiger partial charge in [0.1, 0.15) is 0 Å². The summed E-state index contributed by atoms with van der Waals surface area (Å²) < 4.78 is 0. The zero-order chi connectivity index (χ0) is 19.2. The molecule has 0 aliphatic carbocycles. The van der Waals surface area contributed by atoms with E-state index in [9.17, 15) is 9.59 Å².